The maximum Gasteiger partial charge on any atom is 0.261 e. The number of anilines is 1. The molecule has 1 aromatic heterocycles. The maximum absolute atomic E-state index is 12.6. The lowest BCUT2D eigenvalue weighted by molar-refractivity contribution is 0.0935. The Morgan fingerprint density at radius 2 is 1.72 bits per heavy atom. The Labute approximate surface area is 175 Å². The third kappa shape index (κ3) is 5.21. The average molecular weight is 430 g/mol. The number of thiazole rings is 1. The summed E-state index contributed by atoms with van der Waals surface area (Å²) in [5, 5.41) is 5.77. The van der Waals surface area contributed by atoms with E-state index in [1.807, 2.05) is 38.3 Å². The fourth-order valence-electron chi connectivity index (χ4n) is 2.73. The van der Waals surface area contributed by atoms with Crippen LogP contribution in [0.15, 0.2) is 58.8 Å². The summed E-state index contributed by atoms with van der Waals surface area (Å²) in [6.45, 7) is 5.83. The number of carbonyl (C=O) groups is 1. The summed E-state index contributed by atoms with van der Waals surface area (Å²) < 4.78 is 27.7. The van der Waals surface area contributed by atoms with Crippen molar-refractivity contribution in [3.05, 3.63) is 75.7 Å². The lowest BCUT2D eigenvalue weighted by Gasteiger charge is -2.15. The molecule has 1 unspecified atom stereocenters. The molecule has 0 aliphatic carbocycles. The van der Waals surface area contributed by atoms with Gasteiger partial charge in [-0.2, -0.15) is 0 Å². The minimum atomic E-state index is -3.73. The van der Waals surface area contributed by atoms with E-state index in [0.29, 0.717) is 17.7 Å². The zero-order valence-corrected chi connectivity index (χ0v) is 18.1. The Morgan fingerprint density at radius 1 is 1.07 bits per heavy atom. The van der Waals surface area contributed by atoms with Crippen LogP contribution >= 0.6 is 11.3 Å². The van der Waals surface area contributed by atoms with Crippen molar-refractivity contribution in [1.29, 1.82) is 0 Å². The molecule has 0 bridgehead atoms. The number of aryl methyl sites for hydroxylation is 2. The van der Waals surface area contributed by atoms with Crippen LogP contribution in [0, 0.1) is 13.8 Å². The number of aromatic nitrogens is 1. The van der Waals surface area contributed by atoms with E-state index in [9.17, 15) is 13.2 Å². The lowest BCUT2D eigenvalue weighted by Crippen LogP contribution is -2.28. The van der Waals surface area contributed by atoms with Gasteiger partial charge in [-0.3, -0.25) is 9.52 Å². The number of amides is 1. The van der Waals surface area contributed by atoms with Gasteiger partial charge in [-0.05, 0) is 56.7 Å². The number of rotatable bonds is 7. The van der Waals surface area contributed by atoms with Crippen molar-refractivity contribution in [3.63, 3.8) is 0 Å². The molecule has 0 saturated heterocycles. The number of nitrogens with one attached hydrogen (secondary N) is 2. The number of hydrogen-bond donors (Lipinski definition) is 2. The van der Waals surface area contributed by atoms with Gasteiger partial charge in [0.15, 0.2) is 0 Å². The highest BCUT2D eigenvalue weighted by atomic mass is 32.2. The maximum atomic E-state index is 12.6. The standard InChI is InChI=1S/C21H23N3O3S2/c1-4-19(21-22-15(3)13-28-21)23-20(25)16-7-11-18(12-8-16)29(26,27)24-17-9-5-14(2)6-10-17/h5-13,19,24H,4H2,1-3H3,(H,23,25). The summed E-state index contributed by atoms with van der Waals surface area (Å²) in [5.41, 5.74) is 2.85. The molecule has 3 aromatic rings. The minimum absolute atomic E-state index is 0.0946. The lowest BCUT2D eigenvalue weighted by atomic mass is 10.1. The molecule has 0 radical (unpaired) electrons. The normalized spacial score (nSPS) is 12.4. The van der Waals surface area contributed by atoms with Gasteiger partial charge >= 0.3 is 0 Å². The number of nitrogens with zero attached hydrogens (tertiary/aromatic N) is 1. The zero-order valence-electron chi connectivity index (χ0n) is 16.5. The van der Waals surface area contributed by atoms with Crippen LogP contribution in [0.1, 0.15) is 46.0 Å². The molecule has 0 fully saturated rings. The molecule has 6 nitrogen and oxygen atoms in total. The van der Waals surface area contributed by atoms with E-state index in [-0.39, 0.29) is 16.8 Å². The van der Waals surface area contributed by atoms with Gasteiger partial charge in [-0.1, -0.05) is 24.6 Å². The molecule has 0 aliphatic rings. The molecule has 0 spiro atoms. The SMILES string of the molecule is CCC(NC(=O)c1ccc(S(=O)(=O)Nc2ccc(C)cc2)cc1)c1nc(C)cs1. The fourth-order valence-corrected chi connectivity index (χ4v) is 4.72. The molecule has 1 amide bonds. The van der Waals surface area contributed by atoms with E-state index in [4.69, 9.17) is 0 Å². The first-order valence-electron chi connectivity index (χ1n) is 9.21. The molecule has 0 saturated carbocycles. The smallest absolute Gasteiger partial charge is 0.261 e. The second kappa shape index (κ2) is 8.75. The number of hydrogen-bond acceptors (Lipinski definition) is 5. The van der Waals surface area contributed by atoms with Crippen molar-refractivity contribution in [2.45, 2.75) is 38.1 Å². The van der Waals surface area contributed by atoms with Gasteiger partial charge in [0.1, 0.15) is 5.01 Å². The van der Waals surface area contributed by atoms with Crippen LogP contribution < -0.4 is 10.0 Å². The van der Waals surface area contributed by atoms with Crippen molar-refractivity contribution in [2.24, 2.45) is 0 Å². The van der Waals surface area contributed by atoms with E-state index in [1.54, 1.807) is 12.1 Å². The quantitative estimate of drug-likeness (QED) is 0.581. The first kappa shape index (κ1) is 21.0. The molecule has 2 aromatic carbocycles. The molecule has 29 heavy (non-hydrogen) atoms. The first-order chi connectivity index (χ1) is 13.8. The topological polar surface area (TPSA) is 88.2 Å². The van der Waals surface area contributed by atoms with Crippen molar-refractivity contribution >= 4 is 33.0 Å². The van der Waals surface area contributed by atoms with Gasteiger partial charge in [0.2, 0.25) is 0 Å². The molecule has 3 rings (SSSR count). The van der Waals surface area contributed by atoms with E-state index < -0.39 is 10.0 Å². The van der Waals surface area contributed by atoms with Crippen molar-refractivity contribution < 1.29 is 13.2 Å². The molecule has 152 valence electrons. The van der Waals surface area contributed by atoms with Crippen LogP contribution in [0.3, 0.4) is 0 Å². The highest BCUT2D eigenvalue weighted by Crippen LogP contribution is 2.22. The second-order valence-corrected chi connectivity index (χ2v) is 9.33. The van der Waals surface area contributed by atoms with E-state index in [0.717, 1.165) is 16.3 Å². The number of benzene rings is 2. The average Bonchev–Trinajstić information content (AvgIpc) is 3.14. The van der Waals surface area contributed by atoms with E-state index >= 15 is 0 Å². The van der Waals surface area contributed by atoms with Gasteiger partial charge in [-0.15, -0.1) is 11.3 Å². The summed E-state index contributed by atoms with van der Waals surface area (Å²) in [7, 11) is -3.73. The predicted molar refractivity (Wildman–Crippen MR) is 116 cm³/mol. The van der Waals surface area contributed by atoms with Gasteiger partial charge in [-0.25, -0.2) is 13.4 Å². The monoisotopic (exact) mass is 429 g/mol. The van der Waals surface area contributed by atoms with Crippen LogP contribution in [0.5, 0.6) is 0 Å². The van der Waals surface area contributed by atoms with Crippen LogP contribution in [0.2, 0.25) is 0 Å². The Morgan fingerprint density at radius 3 is 2.28 bits per heavy atom. The molecule has 8 heteroatoms. The van der Waals surface area contributed by atoms with E-state index in [2.05, 4.69) is 15.0 Å². The van der Waals surface area contributed by atoms with Gasteiger partial charge in [0.05, 0.1) is 10.9 Å². The molecule has 1 heterocycles. The Bertz CT molecular complexity index is 1090. The molecule has 2 N–H and O–H groups in total. The third-order valence-electron chi connectivity index (χ3n) is 4.38. The number of sulfonamides is 1. The summed E-state index contributed by atoms with van der Waals surface area (Å²) in [6, 6.07) is 12.8. The zero-order chi connectivity index (χ0) is 21.0. The van der Waals surface area contributed by atoms with Crippen molar-refractivity contribution in [3.8, 4) is 0 Å². The third-order valence-corrected chi connectivity index (χ3v) is 6.85. The van der Waals surface area contributed by atoms with Gasteiger partial charge in [0.25, 0.3) is 15.9 Å². The summed E-state index contributed by atoms with van der Waals surface area (Å²) in [4.78, 5) is 17.1. The summed E-state index contributed by atoms with van der Waals surface area (Å²) in [6.07, 6.45) is 0.714. The Kier molecular flexibility index (Phi) is 6.34. The van der Waals surface area contributed by atoms with Crippen LogP contribution in [-0.4, -0.2) is 19.3 Å². The highest BCUT2D eigenvalue weighted by molar-refractivity contribution is 7.92. The summed E-state index contributed by atoms with van der Waals surface area (Å²) in [5.74, 6) is -0.264. The van der Waals surface area contributed by atoms with E-state index in [1.165, 1.54) is 35.6 Å². The molecule has 1 atom stereocenters. The van der Waals surface area contributed by atoms with Crippen LogP contribution in [-0.2, 0) is 10.0 Å². The largest absolute Gasteiger partial charge is 0.343 e. The molecule has 0 aliphatic heterocycles. The number of carbonyl (C=O) groups excluding carboxylic acids is 1. The fraction of sp³-hybridized carbons (Fsp3) is 0.238. The predicted octanol–water partition coefficient (Wildman–Crippen LogP) is 4.44. The van der Waals surface area contributed by atoms with Crippen molar-refractivity contribution in [2.75, 3.05) is 4.72 Å². The highest BCUT2D eigenvalue weighted by Gasteiger charge is 2.19. The first-order valence-corrected chi connectivity index (χ1v) is 11.6. The van der Waals surface area contributed by atoms with Crippen LogP contribution in [0.25, 0.3) is 0 Å². The second-order valence-electron chi connectivity index (χ2n) is 6.76. The molecular formula is C21H23N3O3S2. The van der Waals surface area contributed by atoms with Gasteiger partial charge in [0, 0.05) is 22.3 Å². The molecular weight excluding hydrogens is 406 g/mol. The summed E-state index contributed by atoms with van der Waals surface area (Å²) >= 11 is 1.51. The Hall–Kier alpha value is -2.71. The van der Waals surface area contributed by atoms with Crippen LogP contribution in [0.4, 0.5) is 5.69 Å². The van der Waals surface area contributed by atoms with Gasteiger partial charge < -0.3 is 5.32 Å². The minimum Gasteiger partial charge on any atom is -0.343 e. The van der Waals surface area contributed by atoms with Crippen molar-refractivity contribution in [1.82, 2.24) is 10.3 Å². The Balaban J connectivity index is 1.71.